The number of carbonyl (C=O) groups is 1. The highest BCUT2D eigenvalue weighted by Gasteiger charge is 2.22. The monoisotopic (exact) mass is 294 g/mol. The second-order valence-corrected chi connectivity index (χ2v) is 7.19. The molecular formula is C16H26N2OS. The molecule has 1 aliphatic rings. The van der Waals surface area contributed by atoms with Crippen molar-refractivity contribution in [3.63, 3.8) is 0 Å². The summed E-state index contributed by atoms with van der Waals surface area (Å²) in [7, 11) is 4.27. The zero-order chi connectivity index (χ0) is 14.5. The molecule has 0 radical (unpaired) electrons. The molecular weight excluding hydrogens is 268 g/mol. The van der Waals surface area contributed by atoms with Gasteiger partial charge in [0.1, 0.15) is 0 Å². The van der Waals surface area contributed by atoms with Gasteiger partial charge in [0.2, 0.25) is 0 Å². The summed E-state index contributed by atoms with van der Waals surface area (Å²) in [5.74, 6) is 1.09. The summed E-state index contributed by atoms with van der Waals surface area (Å²) in [4.78, 5) is 19.1. The van der Waals surface area contributed by atoms with E-state index in [2.05, 4.69) is 36.9 Å². The predicted octanol–water partition coefficient (Wildman–Crippen LogP) is 2.77. The lowest BCUT2D eigenvalue weighted by atomic mass is 9.96. The Bertz CT molecular complexity index is 433. The molecule has 0 unspecified atom stereocenters. The standard InChI is InChI=1S/C16H26N2OS/c1-4-14-5-6-16(20-14)15(19)12-18-9-7-13(8-10-18)11-17(2)3/h5-6,13H,4,7-12H2,1-3H3. The molecule has 112 valence electrons. The summed E-state index contributed by atoms with van der Waals surface area (Å²) in [6.45, 7) is 6.03. The van der Waals surface area contributed by atoms with Gasteiger partial charge in [-0.15, -0.1) is 11.3 Å². The summed E-state index contributed by atoms with van der Waals surface area (Å²) in [6, 6.07) is 4.08. The van der Waals surface area contributed by atoms with Crippen LogP contribution >= 0.6 is 11.3 Å². The molecule has 0 N–H and O–H groups in total. The first kappa shape index (κ1) is 15.7. The second-order valence-electron chi connectivity index (χ2n) is 6.02. The molecule has 0 bridgehead atoms. The quantitative estimate of drug-likeness (QED) is 0.754. The molecule has 0 amide bonds. The van der Waals surface area contributed by atoms with E-state index in [1.807, 2.05) is 6.07 Å². The molecule has 4 heteroatoms. The molecule has 2 heterocycles. The van der Waals surface area contributed by atoms with Crippen molar-refractivity contribution in [2.75, 3.05) is 40.3 Å². The molecule has 0 spiro atoms. The minimum Gasteiger partial charge on any atom is -0.309 e. The van der Waals surface area contributed by atoms with Gasteiger partial charge in [-0.3, -0.25) is 9.69 Å². The SMILES string of the molecule is CCc1ccc(C(=O)CN2CCC(CN(C)C)CC2)s1. The molecule has 1 aromatic rings. The molecule has 0 saturated carbocycles. The van der Waals surface area contributed by atoms with Crippen LogP contribution in [0.15, 0.2) is 12.1 Å². The van der Waals surface area contributed by atoms with Crippen molar-refractivity contribution >= 4 is 17.1 Å². The Morgan fingerprint density at radius 1 is 1.35 bits per heavy atom. The van der Waals surface area contributed by atoms with Crippen LogP contribution in [-0.4, -0.2) is 55.9 Å². The van der Waals surface area contributed by atoms with Gasteiger partial charge >= 0.3 is 0 Å². The Kier molecular flexibility index (Phi) is 5.75. The van der Waals surface area contributed by atoms with E-state index in [9.17, 15) is 4.79 Å². The number of carbonyl (C=O) groups excluding carboxylic acids is 1. The van der Waals surface area contributed by atoms with Gasteiger partial charge in [0.15, 0.2) is 5.78 Å². The molecule has 1 saturated heterocycles. The Morgan fingerprint density at radius 3 is 2.60 bits per heavy atom. The average molecular weight is 294 g/mol. The van der Waals surface area contributed by atoms with Crippen LogP contribution in [0.5, 0.6) is 0 Å². The first-order chi connectivity index (χ1) is 9.58. The number of nitrogens with zero attached hydrogens (tertiary/aromatic N) is 2. The number of piperidine rings is 1. The van der Waals surface area contributed by atoms with Crippen molar-refractivity contribution in [3.05, 3.63) is 21.9 Å². The lowest BCUT2D eigenvalue weighted by Crippen LogP contribution is -2.39. The third-order valence-corrected chi connectivity index (χ3v) is 5.25. The van der Waals surface area contributed by atoms with Gasteiger partial charge in [0.25, 0.3) is 0 Å². The largest absolute Gasteiger partial charge is 0.309 e. The Labute approximate surface area is 126 Å². The zero-order valence-electron chi connectivity index (χ0n) is 12.9. The summed E-state index contributed by atoms with van der Waals surface area (Å²) in [6.07, 6.45) is 3.46. The number of likely N-dealkylation sites (tertiary alicyclic amines) is 1. The molecule has 1 aliphatic heterocycles. The van der Waals surface area contributed by atoms with Crippen LogP contribution in [0, 0.1) is 5.92 Å². The van der Waals surface area contributed by atoms with Gasteiger partial charge in [-0.25, -0.2) is 0 Å². The van der Waals surface area contributed by atoms with Crippen molar-refractivity contribution < 1.29 is 4.79 Å². The minimum atomic E-state index is 0.292. The average Bonchev–Trinajstić information content (AvgIpc) is 2.89. The van der Waals surface area contributed by atoms with E-state index >= 15 is 0 Å². The van der Waals surface area contributed by atoms with Crippen LogP contribution in [0.2, 0.25) is 0 Å². The maximum atomic E-state index is 12.3. The molecule has 1 aromatic heterocycles. The van der Waals surface area contributed by atoms with E-state index in [0.29, 0.717) is 12.3 Å². The van der Waals surface area contributed by atoms with Crippen LogP contribution in [0.4, 0.5) is 0 Å². The molecule has 0 atom stereocenters. The van der Waals surface area contributed by atoms with E-state index in [1.54, 1.807) is 11.3 Å². The third kappa shape index (κ3) is 4.40. The first-order valence-electron chi connectivity index (χ1n) is 7.57. The lowest BCUT2D eigenvalue weighted by molar-refractivity contribution is 0.0890. The van der Waals surface area contributed by atoms with Gasteiger partial charge in [0, 0.05) is 11.4 Å². The molecule has 3 nitrogen and oxygen atoms in total. The van der Waals surface area contributed by atoms with E-state index in [4.69, 9.17) is 0 Å². The highest BCUT2D eigenvalue weighted by molar-refractivity contribution is 7.14. The van der Waals surface area contributed by atoms with Gasteiger partial charge in [-0.2, -0.15) is 0 Å². The van der Waals surface area contributed by atoms with Gasteiger partial charge in [0.05, 0.1) is 11.4 Å². The van der Waals surface area contributed by atoms with Crippen LogP contribution in [-0.2, 0) is 6.42 Å². The Balaban J connectivity index is 1.79. The summed E-state index contributed by atoms with van der Waals surface area (Å²) in [5, 5.41) is 0. The first-order valence-corrected chi connectivity index (χ1v) is 8.39. The number of rotatable bonds is 6. The molecule has 0 aromatic carbocycles. The number of thiophene rings is 1. The Hall–Kier alpha value is -0.710. The van der Waals surface area contributed by atoms with E-state index in [0.717, 1.165) is 30.3 Å². The van der Waals surface area contributed by atoms with Crippen molar-refractivity contribution in [3.8, 4) is 0 Å². The molecule has 1 fully saturated rings. The summed E-state index contributed by atoms with van der Waals surface area (Å²) in [5.41, 5.74) is 0. The second kappa shape index (κ2) is 7.34. The maximum Gasteiger partial charge on any atom is 0.186 e. The van der Waals surface area contributed by atoms with Crippen molar-refractivity contribution in [2.45, 2.75) is 26.2 Å². The Morgan fingerprint density at radius 2 is 2.05 bits per heavy atom. The van der Waals surface area contributed by atoms with Crippen LogP contribution in [0.3, 0.4) is 0 Å². The number of hydrogen-bond acceptors (Lipinski definition) is 4. The number of hydrogen-bond donors (Lipinski definition) is 0. The molecule has 20 heavy (non-hydrogen) atoms. The van der Waals surface area contributed by atoms with Crippen LogP contribution in [0.25, 0.3) is 0 Å². The zero-order valence-corrected chi connectivity index (χ0v) is 13.7. The summed E-state index contributed by atoms with van der Waals surface area (Å²) < 4.78 is 0. The van der Waals surface area contributed by atoms with Gasteiger partial charge in [-0.05, 0) is 64.5 Å². The van der Waals surface area contributed by atoms with E-state index in [1.165, 1.54) is 24.3 Å². The minimum absolute atomic E-state index is 0.292. The van der Waals surface area contributed by atoms with Gasteiger partial charge in [-0.1, -0.05) is 6.92 Å². The van der Waals surface area contributed by atoms with Gasteiger partial charge < -0.3 is 4.90 Å². The fourth-order valence-electron chi connectivity index (χ4n) is 2.84. The smallest absolute Gasteiger partial charge is 0.186 e. The fourth-order valence-corrected chi connectivity index (χ4v) is 3.72. The summed E-state index contributed by atoms with van der Waals surface area (Å²) >= 11 is 1.66. The van der Waals surface area contributed by atoms with E-state index in [-0.39, 0.29) is 0 Å². The molecule has 2 rings (SSSR count). The van der Waals surface area contributed by atoms with E-state index < -0.39 is 0 Å². The van der Waals surface area contributed by atoms with Crippen LogP contribution < -0.4 is 0 Å². The fraction of sp³-hybridized carbons (Fsp3) is 0.688. The van der Waals surface area contributed by atoms with Crippen molar-refractivity contribution in [2.24, 2.45) is 5.92 Å². The maximum absolute atomic E-state index is 12.3. The highest BCUT2D eigenvalue weighted by atomic mass is 32.1. The lowest BCUT2D eigenvalue weighted by Gasteiger charge is -2.32. The number of Topliss-reactive ketones (excluding diaryl/α,β-unsaturated/α-hetero) is 1. The predicted molar refractivity (Wildman–Crippen MR) is 85.7 cm³/mol. The normalized spacial score (nSPS) is 17.8. The number of aryl methyl sites for hydroxylation is 1. The third-order valence-electron chi connectivity index (χ3n) is 3.98. The van der Waals surface area contributed by atoms with Crippen molar-refractivity contribution in [1.29, 1.82) is 0 Å². The number of ketones is 1. The molecule has 0 aliphatic carbocycles. The van der Waals surface area contributed by atoms with Crippen molar-refractivity contribution in [1.82, 2.24) is 9.80 Å². The highest BCUT2D eigenvalue weighted by Crippen LogP contribution is 2.20. The topological polar surface area (TPSA) is 23.6 Å². The van der Waals surface area contributed by atoms with Crippen LogP contribution in [0.1, 0.15) is 34.3 Å².